The molecule has 6 rings (SSSR count). The molecule has 0 aromatic heterocycles. The fourth-order valence-electron chi connectivity index (χ4n) is 8.34. The van der Waals surface area contributed by atoms with E-state index >= 15 is 0 Å². The second-order valence-electron chi connectivity index (χ2n) is 11.7. The van der Waals surface area contributed by atoms with Crippen LogP contribution in [0, 0.1) is 0 Å². The molecule has 8 nitrogen and oxygen atoms in total. The summed E-state index contributed by atoms with van der Waals surface area (Å²) in [6.45, 7) is 5.90. The van der Waals surface area contributed by atoms with Crippen LogP contribution < -0.4 is 0 Å². The van der Waals surface area contributed by atoms with Crippen molar-refractivity contribution in [1.29, 1.82) is 0 Å². The van der Waals surface area contributed by atoms with E-state index in [-0.39, 0.29) is 0 Å². The lowest BCUT2D eigenvalue weighted by molar-refractivity contribution is 0.341. The normalized spacial score (nSPS) is 37.2. The Kier molecular flexibility index (Phi) is 6.87. The lowest BCUT2D eigenvalue weighted by atomic mass is 10.1. The highest BCUT2D eigenvalue weighted by Crippen LogP contribution is 2.68. The van der Waals surface area contributed by atoms with Gasteiger partial charge in [-0.2, -0.15) is 0 Å². The zero-order valence-electron chi connectivity index (χ0n) is 21.4. The number of hydrogen-bond donors (Lipinski definition) is 0. The van der Waals surface area contributed by atoms with Gasteiger partial charge in [0.1, 0.15) is 0 Å². The summed E-state index contributed by atoms with van der Waals surface area (Å²) in [6.07, 6.45) is 14.3. The Morgan fingerprint density at radius 3 is 1.15 bits per heavy atom. The number of fused-ring (bicyclic) bond motifs is 6. The molecule has 0 aliphatic carbocycles. The van der Waals surface area contributed by atoms with Gasteiger partial charge in [0, 0.05) is 63.4 Å². The van der Waals surface area contributed by atoms with E-state index in [1.807, 2.05) is 0 Å². The highest BCUT2D eigenvalue weighted by Gasteiger charge is 2.60. The van der Waals surface area contributed by atoms with Gasteiger partial charge in [0.05, 0.1) is 0 Å². The van der Waals surface area contributed by atoms with Crippen LogP contribution in [0.4, 0.5) is 0 Å². The van der Waals surface area contributed by atoms with Gasteiger partial charge in [-0.15, -0.1) is 0 Å². The van der Waals surface area contributed by atoms with Gasteiger partial charge in [0.25, 0.3) is 15.2 Å². The van der Waals surface area contributed by atoms with Crippen LogP contribution in [0.25, 0.3) is 0 Å². The average molecular weight is 513 g/mol. The predicted octanol–water partition coefficient (Wildman–Crippen LogP) is 4.51. The molecule has 10 heteroatoms. The topological polar surface area (TPSA) is 53.6 Å². The molecule has 0 N–H and O–H groups in total. The van der Waals surface area contributed by atoms with Crippen molar-refractivity contribution in [2.45, 2.75) is 101 Å². The molecule has 6 aliphatic heterocycles. The summed E-state index contributed by atoms with van der Waals surface area (Å²) >= 11 is 0. The van der Waals surface area contributed by atoms with Gasteiger partial charge in [0.2, 0.25) is 0 Å². The van der Waals surface area contributed by atoms with Crippen molar-refractivity contribution < 1.29 is 9.13 Å². The maximum atomic E-state index is 14.2. The molecule has 0 aromatic rings. The molecule has 34 heavy (non-hydrogen) atoms. The molecule has 0 radical (unpaired) electrons. The van der Waals surface area contributed by atoms with Crippen LogP contribution in [-0.2, 0) is 9.13 Å². The molecule has 6 saturated heterocycles. The van der Waals surface area contributed by atoms with Gasteiger partial charge in [-0.3, -0.25) is 9.13 Å². The molecule has 0 bridgehead atoms. The minimum atomic E-state index is -2.54. The molecule has 194 valence electrons. The van der Waals surface area contributed by atoms with Crippen LogP contribution in [0.15, 0.2) is 0 Å². The van der Waals surface area contributed by atoms with Crippen molar-refractivity contribution in [3.63, 3.8) is 0 Å². The van der Waals surface area contributed by atoms with Gasteiger partial charge < -0.3 is 0 Å². The molecule has 0 amide bonds. The Bertz CT molecular complexity index is 743. The van der Waals surface area contributed by atoms with Crippen LogP contribution in [0.5, 0.6) is 0 Å². The monoisotopic (exact) mass is 512 g/mol. The van der Waals surface area contributed by atoms with Gasteiger partial charge in [-0.05, 0) is 78.3 Å². The SMILES string of the molecule is CN(CCCCCCN(C)P1(=O)N2CCC[C@@H]2[C@H]2CCCN21)P1(=O)N2CCC[C@@H]2[C@H]2CCCN21. The second kappa shape index (κ2) is 9.51. The minimum Gasteiger partial charge on any atom is -0.270 e. The fourth-order valence-corrected chi connectivity index (χ4v) is 15.5. The average Bonchev–Trinajstić information content (AvgIpc) is 3.64. The Morgan fingerprint density at radius 1 is 0.559 bits per heavy atom. The van der Waals surface area contributed by atoms with Crippen molar-refractivity contribution in [2.24, 2.45) is 0 Å². The third kappa shape index (κ3) is 3.61. The van der Waals surface area contributed by atoms with E-state index in [0.29, 0.717) is 24.2 Å². The van der Waals surface area contributed by atoms with Crippen LogP contribution in [-0.4, -0.2) is 106 Å². The summed E-state index contributed by atoms with van der Waals surface area (Å²) in [5, 5.41) is 0. The third-order valence-electron chi connectivity index (χ3n) is 9.91. The first-order valence-electron chi connectivity index (χ1n) is 14.2. The minimum absolute atomic E-state index is 0.537. The van der Waals surface area contributed by atoms with Crippen molar-refractivity contribution >= 4 is 15.2 Å². The van der Waals surface area contributed by atoms with E-state index < -0.39 is 15.2 Å². The summed E-state index contributed by atoms with van der Waals surface area (Å²) in [7, 11) is -0.868. The summed E-state index contributed by atoms with van der Waals surface area (Å²) < 4.78 is 42.5. The lowest BCUT2D eigenvalue weighted by Gasteiger charge is -2.36. The highest BCUT2D eigenvalue weighted by molar-refractivity contribution is 7.57. The van der Waals surface area contributed by atoms with Gasteiger partial charge in [-0.25, -0.2) is 28.0 Å². The summed E-state index contributed by atoms with van der Waals surface area (Å²) in [4.78, 5) is 0. The van der Waals surface area contributed by atoms with E-state index in [1.54, 1.807) is 0 Å². The standard InChI is InChI=1S/C24H46N6O2P2/c1-25(33(31)27-17-7-11-21(27)22-12-8-18-28(22)33)15-5-3-4-6-16-26(2)34(32)29-19-9-13-23(29)24-14-10-20-30(24)34/h21-24H,3-20H2,1-2H3/t21-,22-,23-,24-/m1/s1. The van der Waals surface area contributed by atoms with Crippen molar-refractivity contribution in [3.05, 3.63) is 0 Å². The molecule has 6 fully saturated rings. The molecule has 6 aliphatic rings. The molecule has 4 atom stereocenters. The zero-order valence-corrected chi connectivity index (χ0v) is 23.2. The van der Waals surface area contributed by atoms with Crippen molar-refractivity contribution in [2.75, 3.05) is 53.4 Å². The maximum absolute atomic E-state index is 14.2. The Balaban J connectivity index is 0.974. The van der Waals surface area contributed by atoms with Crippen LogP contribution in [0.3, 0.4) is 0 Å². The molecule has 0 aromatic carbocycles. The zero-order chi connectivity index (χ0) is 23.5. The summed E-state index contributed by atoms with van der Waals surface area (Å²) in [6, 6.07) is 2.15. The number of nitrogens with zero attached hydrogens (tertiary/aromatic N) is 6. The predicted molar refractivity (Wildman–Crippen MR) is 138 cm³/mol. The molecule has 0 saturated carbocycles. The van der Waals surface area contributed by atoms with E-state index in [9.17, 15) is 9.13 Å². The first kappa shape index (κ1) is 24.6. The first-order valence-corrected chi connectivity index (χ1v) is 17.3. The van der Waals surface area contributed by atoms with Crippen molar-refractivity contribution in [3.8, 4) is 0 Å². The van der Waals surface area contributed by atoms with Crippen LogP contribution in [0.1, 0.15) is 77.0 Å². The van der Waals surface area contributed by atoms with Gasteiger partial charge in [0.15, 0.2) is 0 Å². The highest BCUT2D eigenvalue weighted by atomic mass is 31.2. The second-order valence-corrected chi connectivity index (χ2v) is 17.2. The fraction of sp³-hybridized carbons (Fsp3) is 1.00. The van der Waals surface area contributed by atoms with Gasteiger partial charge in [-0.1, -0.05) is 12.8 Å². The van der Waals surface area contributed by atoms with E-state index in [0.717, 1.165) is 65.0 Å². The quantitative estimate of drug-likeness (QED) is 0.331. The summed E-state index contributed by atoms with van der Waals surface area (Å²) in [5.41, 5.74) is 0. The molecule has 0 unspecified atom stereocenters. The maximum Gasteiger partial charge on any atom is 0.287 e. The van der Waals surface area contributed by atoms with Gasteiger partial charge >= 0.3 is 0 Å². The molecular weight excluding hydrogens is 466 g/mol. The number of rotatable bonds is 9. The Labute approximate surface area is 207 Å². The lowest BCUT2D eigenvalue weighted by Crippen LogP contribution is -2.32. The summed E-state index contributed by atoms with van der Waals surface area (Å²) in [5.74, 6) is 0. The van der Waals surface area contributed by atoms with E-state index in [2.05, 4.69) is 42.1 Å². The molecule has 6 heterocycles. The van der Waals surface area contributed by atoms with E-state index in [4.69, 9.17) is 0 Å². The third-order valence-corrected chi connectivity index (χ3v) is 16.8. The van der Waals surface area contributed by atoms with Crippen molar-refractivity contribution in [1.82, 2.24) is 28.0 Å². The number of hydrogen-bond acceptors (Lipinski definition) is 2. The molecular formula is C24H46N6O2P2. The largest absolute Gasteiger partial charge is 0.287 e. The Morgan fingerprint density at radius 2 is 0.853 bits per heavy atom. The Hall–Kier alpha value is 0.220. The smallest absolute Gasteiger partial charge is 0.270 e. The number of unbranched alkanes of at least 4 members (excludes halogenated alkanes) is 3. The molecule has 0 spiro atoms. The van der Waals surface area contributed by atoms with E-state index in [1.165, 1.54) is 51.4 Å². The van der Waals surface area contributed by atoms with Crippen LogP contribution >= 0.6 is 15.2 Å². The van der Waals surface area contributed by atoms with Crippen LogP contribution in [0.2, 0.25) is 0 Å². The first-order chi connectivity index (χ1) is 16.5.